The van der Waals surface area contributed by atoms with Gasteiger partial charge in [-0.3, -0.25) is 4.99 Å². The number of aliphatic imine (C=N–C) groups is 1. The van der Waals surface area contributed by atoms with E-state index in [-0.39, 0.29) is 5.75 Å². The van der Waals surface area contributed by atoms with Crippen LogP contribution in [0.2, 0.25) is 0 Å². The van der Waals surface area contributed by atoms with Crippen LogP contribution in [0, 0.1) is 11.3 Å². The van der Waals surface area contributed by atoms with Gasteiger partial charge in [0.25, 0.3) is 0 Å². The Bertz CT molecular complexity index is 1680. The van der Waals surface area contributed by atoms with E-state index in [1.54, 1.807) is 42.6 Å². The lowest BCUT2D eigenvalue weighted by molar-refractivity contribution is 0.474. The zero-order chi connectivity index (χ0) is 25.5. The molecule has 1 N–H and O–H groups in total. The first-order valence-electron chi connectivity index (χ1n) is 11.5. The fourth-order valence-corrected chi connectivity index (χ4v) is 3.62. The summed E-state index contributed by atoms with van der Waals surface area (Å²) in [6.45, 7) is 0. The smallest absolute Gasteiger partial charge is 0.124 e. The van der Waals surface area contributed by atoms with Crippen LogP contribution in [-0.2, 0) is 0 Å². The van der Waals surface area contributed by atoms with Gasteiger partial charge in [0.2, 0.25) is 0 Å². The first-order chi connectivity index (χ1) is 18.2. The van der Waals surface area contributed by atoms with Gasteiger partial charge in [-0.2, -0.15) is 20.6 Å². The Morgan fingerprint density at radius 3 is 1.70 bits per heavy atom. The van der Waals surface area contributed by atoms with Crippen LogP contribution >= 0.6 is 0 Å². The number of hydrogen-bond acceptors (Lipinski definition) is 7. The third kappa shape index (κ3) is 5.61. The second-order valence-electron chi connectivity index (χ2n) is 8.04. The van der Waals surface area contributed by atoms with Gasteiger partial charge in [0.1, 0.15) is 5.75 Å². The van der Waals surface area contributed by atoms with Crippen LogP contribution in [-0.4, -0.2) is 11.3 Å². The number of rotatable bonds is 6. The van der Waals surface area contributed by atoms with E-state index in [0.29, 0.717) is 28.2 Å². The number of para-hydroxylation sites is 1. The van der Waals surface area contributed by atoms with Gasteiger partial charge in [0.15, 0.2) is 0 Å². The molecule has 0 heterocycles. The number of fused-ring (bicyclic) bond motifs is 1. The number of phenols is 1. The van der Waals surface area contributed by atoms with Crippen molar-refractivity contribution in [3.05, 3.63) is 120 Å². The summed E-state index contributed by atoms with van der Waals surface area (Å²) in [6, 6.07) is 35.0. The topological polar surface area (TPSA) is 106 Å². The zero-order valence-corrected chi connectivity index (χ0v) is 19.6. The first kappa shape index (κ1) is 23.3. The van der Waals surface area contributed by atoms with E-state index in [0.717, 1.165) is 22.1 Å². The average molecular weight is 481 g/mol. The summed E-state index contributed by atoms with van der Waals surface area (Å²) in [6.07, 6.45) is 1.65. The van der Waals surface area contributed by atoms with Crippen molar-refractivity contribution in [3.63, 3.8) is 0 Å². The molecular weight excluding hydrogens is 460 g/mol. The predicted molar refractivity (Wildman–Crippen MR) is 145 cm³/mol. The number of nitrogens with zero attached hydrogens (tertiary/aromatic N) is 6. The van der Waals surface area contributed by atoms with E-state index in [1.165, 1.54) is 0 Å². The molecule has 7 heteroatoms. The SMILES string of the molecule is N#Cc1ccc(/N=N/c2ccc(/N=N/c3ccc(/N=C/c4ccccc4O)c4ccccc34)cc2)cc1. The van der Waals surface area contributed by atoms with Crippen molar-refractivity contribution < 1.29 is 5.11 Å². The van der Waals surface area contributed by atoms with Crippen LogP contribution < -0.4 is 0 Å². The first-order valence-corrected chi connectivity index (χ1v) is 11.5. The Labute approximate surface area is 213 Å². The highest BCUT2D eigenvalue weighted by Crippen LogP contribution is 2.34. The highest BCUT2D eigenvalue weighted by Gasteiger charge is 2.05. The third-order valence-electron chi connectivity index (χ3n) is 5.56. The molecule has 0 spiro atoms. The Morgan fingerprint density at radius 1 is 0.568 bits per heavy atom. The van der Waals surface area contributed by atoms with Crippen LogP contribution in [0.4, 0.5) is 28.4 Å². The van der Waals surface area contributed by atoms with Gasteiger partial charge in [-0.05, 0) is 72.8 Å². The van der Waals surface area contributed by atoms with Gasteiger partial charge < -0.3 is 5.11 Å². The van der Waals surface area contributed by atoms with Crippen molar-refractivity contribution in [2.45, 2.75) is 0 Å². The van der Waals surface area contributed by atoms with Crippen molar-refractivity contribution in [2.75, 3.05) is 0 Å². The summed E-state index contributed by atoms with van der Waals surface area (Å²) in [5, 5.41) is 38.0. The molecule has 5 aromatic rings. The fraction of sp³-hybridized carbons (Fsp3) is 0. The molecule has 37 heavy (non-hydrogen) atoms. The molecular formula is C30H20N6O. The lowest BCUT2D eigenvalue weighted by Crippen LogP contribution is -1.82. The number of phenolic OH excluding ortho intramolecular Hbond substituents is 1. The van der Waals surface area contributed by atoms with Gasteiger partial charge in [-0.1, -0.05) is 36.4 Å². The molecule has 5 aromatic carbocycles. The van der Waals surface area contributed by atoms with Crippen molar-refractivity contribution in [3.8, 4) is 11.8 Å². The molecule has 0 unspecified atom stereocenters. The van der Waals surface area contributed by atoms with E-state index in [1.807, 2.05) is 72.8 Å². The van der Waals surface area contributed by atoms with E-state index in [4.69, 9.17) is 5.26 Å². The number of azo groups is 2. The molecule has 0 saturated carbocycles. The van der Waals surface area contributed by atoms with Gasteiger partial charge in [-0.25, -0.2) is 0 Å². The van der Waals surface area contributed by atoms with Crippen molar-refractivity contribution in [1.29, 1.82) is 5.26 Å². The summed E-state index contributed by atoms with van der Waals surface area (Å²) in [5.41, 5.74) is 4.76. The van der Waals surface area contributed by atoms with Gasteiger partial charge in [0, 0.05) is 22.6 Å². The molecule has 0 amide bonds. The van der Waals surface area contributed by atoms with Crippen LogP contribution in [0.1, 0.15) is 11.1 Å². The monoisotopic (exact) mass is 480 g/mol. The second-order valence-corrected chi connectivity index (χ2v) is 8.04. The van der Waals surface area contributed by atoms with Crippen molar-refractivity contribution in [1.82, 2.24) is 0 Å². The van der Waals surface area contributed by atoms with Crippen LogP contribution in [0.15, 0.2) is 135 Å². The average Bonchev–Trinajstić information content (AvgIpc) is 2.95. The Kier molecular flexibility index (Phi) is 6.82. The molecule has 0 bridgehead atoms. The highest BCUT2D eigenvalue weighted by atomic mass is 16.3. The van der Waals surface area contributed by atoms with Crippen LogP contribution in [0.25, 0.3) is 10.8 Å². The summed E-state index contributed by atoms with van der Waals surface area (Å²) >= 11 is 0. The lowest BCUT2D eigenvalue weighted by Gasteiger charge is -2.05. The van der Waals surface area contributed by atoms with E-state index in [2.05, 4.69) is 31.5 Å². The predicted octanol–water partition coefficient (Wildman–Crippen LogP) is 9.00. The maximum Gasteiger partial charge on any atom is 0.124 e. The minimum Gasteiger partial charge on any atom is -0.507 e. The van der Waals surface area contributed by atoms with E-state index >= 15 is 0 Å². The fourth-order valence-electron chi connectivity index (χ4n) is 3.62. The Hall–Kier alpha value is -5.48. The van der Waals surface area contributed by atoms with E-state index in [9.17, 15) is 5.11 Å². The normalized spacial score (nSPS) is 11.5. The minimum absolute atomic E-state index is 0.183. The Balaban J connectivity index is 1.34. The van der Waals surface area contributed by atoms with E-state index < -0.39 is 0 Å². The quantitative estimate of drug-likeness (QED) is 0.193. The molecule has 0 aliphatic rings. The standard InChI is InChI=1S/C30H20N6O/c31-19-21-9-11-23(12-10-21)33-34-24-13-15-25(16-14-24)35-36-29-18-17-28(26-6-2-3-7-27(26)29)32-20-22-5-1-4-8-30(22)37/h1-18,20,37H/b32-20+,34-33+,36-35+. The summed E-state index contributed by atoms with van der Waals surface area (Å²) in [4.78, 5) is 4.59. The van der Waals surface area contributed by atoms with Crippen LogP contribution in [0.3, 0.4) is 0 Å². The van der Waals surface area contributed by atoms with Crippen LogP contribution in [0.5, 0.6) is 5.75 Å². The third-order valence-corrected chi connectivity index (χ3v) is 5.56. The van der Waals surface area contributed by atoms with Gasteiger partial charge in [-0.15, -0.1) is 5.11 Å². The molecule has 0 atom stereocenters. The number of benzene rings is 5. The largest absolute Gasteiger partial charge is 0.507 e. The molecule has 0 radical (unpaired) electrons. The molecule has 5 rings (SSSR count). The maximum absolute atomic E-state index is 10.0. The summed E-state index contributed by atoms with van der Waals surface area (Å²) < 4.78 is 0. The Morgan fingerprint density at radius 2 is 1.08 bits per heavy atom. The zero-order valence-electron chi connectivity index (χ0n) is 19.6. The molecule has 0 aliphatic heterocycles. The van der Waals surface area contributed by atoms with Gasteiger partial charge >= 0.3 is 0 Å². The number of hydrogen-bond donors (Lipinski definition) is 1. The van der Waals surface area contributed by atoms with Gasteiger partial charge in [0.05, 0.1) is 40.1 Å². The maximum atomic E-state index is 10.0. The molecule has 0 saturated heterocycles. The highest BCUT2D eigenvalue weighted by molar-refractivity contribution is 6.01. The molecule has 176 valence electrons. The van der Waals surface area contributed by atoms with Crippen molar-refractivity contribution >= 4 is 45.4 Å². The summed E-state index contributed by atoms with van der Waals surface area (Å²) in [5.74, 6) is 0.183. The molecule has 0 aromatic heterocycles. The summed E-state index contributed by atoms with van der Waals surface area (Å²) in [7, 11) is 0. The second kappa shape index (κ2) is 10.8. The number of aromatic hydroxyl groups is 1. The molecule has 0 aliphatic carbocycles. The molecule has 7 nitrogen and oxygen atoms in total. The molecule has 0 fully saturated rings. The minimum atomic E-state index is 0.183. The number of nitriles is 1. The van der Waals surface area contributed by atoms with Crippen molar-refractivity contribution in [2.24, 2.45) is 25.4 Å². The lowest BCUT2D eigenvalue weighted by atomic mass is 10.1.